The molecule has 0 atom stereocenters. The van der Waals surface area contributed by atoms with E-state index in [2.05, 4.69) is 11.6 Å². The normalized spacial score (nSPS) is 10.8. The van der Waals surface area contributed by atoms with Gasteiger partial charge in [-0.25, -0.2) is 0 Å². The fourth-order valence-electron chi connectivity index (χ4n) is 1.10. The van der Waals surface area contributed by atoms with Gasteiger partial charge in [0.1, 0.15) is 0 Å². The molecule has 0 radical (unpaired) electrons. The van der Waals surface area contributed by atoms with E-state index >= 15 is 0 Å². The predicted molar refractivity (Wildman–Crippen MR) is 77.6 cm³/mol. The molecule has 5 heteroatoms. The maximum absolute atomic E-state index is 8.89. The van der Waals surface area contributed by atoms with Gasteiger partial charge in [-0.3, -0.25) is 4.99 Å². The molecule has 94 valence electrons. The summed E-state index contributed by atoms with van der Waals surface area (Å²) in [5, 5.41) is 9.47. The van der Waals surface area contributed by atoms with Crippen molar-refractivity contribution < 1.29 is 5.11 Å². The van der Waals surface area contributed by atoms with Gasteiger partial charge in [0, 0.05) is 5.75 Å². The quantitative estimate of drug-likeness (QED) is 0.491. The highest BCUT2D eigenvalue weighted by atomic mass is 35.5. The first kappa shape index (κ1) is 16.0. The van der Waals surface area contributed by atoms with Crippen LogP contribution >= 0.6 is 24.2 Å². The number of amidine groups is 1. The van der Waals surface area contributed by atoms with Crippen LogP contribution in [-0.2, 0) is 12.4 Å². The van der Waals surface area contributed by atoms with Crippen LogP contribution in [0.5, 0.6) is 0 Å². The molecule has 0 amide bonds. The minimum Gasteiger partial charge on any atom is -0.392 e. The van der Waals surface area contributed by atoms with Crippen LogP contribution in [0.3, 0.4) is 0 Å². The first-order valence-corrected chi connectivity index (χ1v) is 5.97. The molecule has 0 unspecified atom stereocenters. The summed E-state index contributed by atoms with van der Waals surface area (Å²) in [6.07, 6.45) is 1.71. The number of aliphatic hydroxyl groups excluding tert-OH is 1. The Kier molecular flexibility index (Phi) is 8.58. The fourth-order valence-corrected chi connectivity index (χ4v) is 1.77. The smallest absolute Gasteiger partial charge is 0.154 e. The van der Waals surface area contributed by atoms with Gasteiger partial charge in [0.2, 0.25) is 0 Å². The molecule has 0 bridgehead atoms. The number of nitrogens with two attached hydrogens (primary N) is 1. The van der Waals surface area contributed by atoms with Gasteiger partial charge < -0.3 is 10.8 Å². The fraction of sp³-hybridized carbons (Fsp3) is 0.250. The summed E-state index contributed by atoms with van der Waals surface area (Å²) in [4.78, 5) is 4.09. The molecule has 1 rings (SSSR count). The van der Waals surface area contributed by atoms with Crippen molar-refractivity contribution in [2.75, 3.05) is 6.54 Å². The highest BCUT2D eigenvalue weighted by Gasteiger charge is 1.97. The Morgan fingerprint density at radius 3 is 2.47 bits per heavy atom. The average Bonchev–Trinajstić information content (AvgIpc) is 2.34. The summed E-state index contributed by atoms with van der Waals surface area (Å²) < 4.78 is 0. The molecule has 0 aromatic heterocycles. The Hall–Kier alpha value is -0.970. The van der Waals surface area contributed by atoms with Gasteiger partial charge in [0.25, 0.3) is 0 Å². The van der Waals surface area contributed by atoms with Crippen LogP contribution in [-0.4, -0.2) is 16.8 Å². The molecule has 0 saturated carbocycles. The highest BCUT2D eigenvalue weighted by molar-refractivity contribution is 8.13. The van der Waals surface area contributed by atoms with Crippen LogP contribution in [0.2, 0.25) is 0 Å². The maximum Gasteiger partial charge on any atom is 0.154 e. The molecule has 17 heavy (non-hydrogen) atoms. The molecular formula is C12H17ClN2OS. The number of hydrogen-bond acceptors (Lipinski definition) is 3. The Morgan fingerprint density at radius 1 is 1.35 bits per heavy atom. The molecule has 1 aromatic rings. The number of hydrogen-bond donors (Lipinski definition) is 2. The lowest BCUT2D eigenvalue weighted by atomic mass is 10.2. The molecule has 0 aliphatic carbocycles. The van der Waals surface area contributed by atoms with E-state index in [1.807, 2.05) is 24.3 Å². The second kappa shape index (κ2) is 9.10. The van der Waals surface area contributed by atoms with E-state index in [1.54, 1.807) is 6.08 Å². The summed E-state index contributed by atoms with van der Waals surface area (Å²) in [6, 6.07) is 7.79. The third-order valence-corrected chi connectivity index (χ3v) is 2.87. The van der Waals surface area contributed by atoms with Gasteiger partial charge in [0.05, 0.1) is 13.2 Å². The van der Waals surface area contributed by atoms with Crippen molar-refractivity contribution in [3.63, 3.8) is 0 Å². The topological polar surface area (TPSA) is 58.6 Å². The second-order valence-corrected chi connectivity index (χ2v) is 4.23. The van der Waals surface area contributed by atoms with Crippen LogP contribution in [0.25, 0.3) is 0 Å². The number of halogens is 1. The third-order valence-electron chi connectivity index (χ3n) is 1.97. The average molecular weight is 273 g/mol. The van der Waals surface area contributed by atoms with Crippen molar-refractivity contribution >= 4 is 29.3 Å². The van der Waals surface area contributed by atoms with Crippen molar-refractivity contribution in [3.05, 3.63) is 48.0 Å². The zero-order chi connectivity index (χ0) is 11.8. The van der Waals surface area contributed by atoms with Crippen LogP contribution < -0.4 is 5.73 Å². The highest BCUT2D eigenvalue weighted by Crippen LogP contribution is 2.13. The predicted octanol–water partition coefficient (Wildman–Crippen LogP) is 2.33. The number of aliphatic imine (C=N–C) groups is 1. The standard InChI is InChI=1S/C12H16N2OS.ClH/c1-2-7-14-12(13)16-9-11-5-3-10(8-15)4-6-11;/h2-6,15H,1,7-9H2,(H2,13,14);1H. The lowest BCUT2D eigenvalue weighted by molar-refractivity contribution is 0.282. The summed E-state index contributed by atoms with van der Waals surface area (Å²) in [7, 11) is 0. The van der Waals surface area contributed by atoms with Gasteiger partial charge in [-0.1, -0.05) is 42.1 Å². The largest absolute Gasteiger partial charge is 0.392 e. The van der Waals surface area contributed by atoms with E-state index in [1.165, 1.54) is 17.3 Å². The molecule has 0 heterocycles. The molecule has 0 spiro atoms. The van der Waals surface area contributed by atoms with E-state index < -0.39 is 0 Å². The first-order valence-electron chi connectivity index (χ1n) is 4.98. The Balaban J connectivity index is 0.00000256. The summed E-state index contributed by atoms with van der Waals surface area (Å²) >= 11 is 1.50. The molecule has 0 aliphatic heterocycles. The van der Waals surface area contributed by atoms with Crippen molar-refractivity contribution in [1.29, 1.82) is 0 Å². The monoisotopic (exact) mass is 272 g/mol. The summed E-state index contributed by atoms with van der Waals surface area (Å²) in [5.74, 6) is 0.790. The zero-order valence-electron chi connectivity index (χ0n) is 9.50. The molecule has 0 saturated heterocycles. The van der Waals surface area contributed by atoms with Crippen molar-refractivity contribution in [3.8, 4) is 0 Å². The van der Waals surface area contributed by atoms with Crippen LogP contribution in [0.4, 0.5) is 0 Å². The van der Waals surface area contributed by atoms with Gasteiger partial charge >= 0.3 is 0 Å². The van der Waals surface area contributed by atoms with E-state index in [4.69, 9.17) is 10.8 Å². The minimum absolute atomic E-state index is 0. The minimum atomic E-state index is 0. The lowest BCUT2D eigenvalue weighted by Gasteiger charge is -2.02. The first-order chi connectivity index (χ1) is 7.76. The Morgan fingerprint density at radius 2 is 1.94 bits per heavy atom. The van der Waals surface area contributed by atoms with Crippen molar-refractivity contribution in [2.24, 2.45) is 10.7 Å². The number of benzene rings is 1. The van der Waals surface area contributed by atoms with Crippen LogP contribution in [0.15, 0.2) is 41.9 Å². The lowest BCUT2D eigenvalue weighted by Crippen LogP contribution is -2.07. The molecule has 1 aromatic carbocycles. The Labute approximate surface area is 112 Å². The molecule has 0 aliphatic rings. The molecular weight excluding hydrogens is 256 g/mol. The van der Waals surface area contributed by atoms with Crippen LogP contribution in [0, 0.1) is 0 Å². The van der Waals surface area contributed by atoms with Gasteiger partial charge in [0.15, 0.2) is 5.17 Å². The van der Waals surface area contributed by atoms with E-state index in [-0.39, 0.29) is 19.0 Å². The van der Waals surface area contributed by atoms with E-state index in [0.717, 1.165) is 11.3 Å². The Bertz CT molecular complexity index is 365. The third kappa shape index (κ3) is 6.36. The number of nitrogens with zero attached hydrogens (tertiary/aromatic N) is 1. The van der Waals surface area contributed by atoms with Crippen molar-refractivity contribution in [1.82, 2.24) is 0 Å². The molecule has 3 N–H and O–H groups in total. The summed E-state index contributed by atoms with van der Waals surface area (Å²) in [5.41, 5.74) is 7.77. The van der Waals surface area contributed by atoms with Gasteiger partial charge in [-0.2, -0.15) is 0 Å². The van der Waals surface area contributed by atoms with E-state index in [9.17, 15) is 0 Å². The van der Waals surface area contributed by atoms with Crippen molar-refractivity contribution in [2.45, 2.75) is 12.4 Å². The SMILES string of the molecule is C=CCN=C(N)SCc1ccc(CO)cc1.Cl. The number of thioether (sulfide) groups is 1. The van der Waals surface area contributed by atoms with Gasteiger partial charge in [-0.15, -0.1) is 19.0 Å². The molecule has 3 nitrogen and oxygen atoms in total. The van der Waals surface area contributed by atoms with Gasteiger partial charge in [-0.05, 0) is 11.1 Å². The molecule has 0 fully saturated rings. The number of aliphatic hydroxyl groups is 1. The summed E-state index contributed by atoms with van der Waals surface area (Å²) in [6.45, 7) is 4.21. The zero-order valence-corrected chi connectivity index (χ0v) is 11.1. The second-order valence-electron chi connectivity index (χ2n) is 3.23. The number of rotatable bonds is 5. The van der Waals surface area contributed by atoms with E-state index in [0.29, 0.717) is 11.7 Å². The van der Waals surface area contributed by atoms with Crippen LogP contribution in [0.1, 0.15) is 11.1 Å². The maximum atomic E-state index is 8.89.